The lowest BCUT2D eigenvalue weighted by atomic mass is 10.0. The molecule has 1 fully saturated rings. The zero-order valence-electron chi connectivity index (χ0n) is 8.54. The molecule has 0 aromatic rings. The van der Waals surface area contributed by atoms with E-state index in [-0.39, 0.29) is 12.5 Å². The van der Waals surface area contributed by atoms with Gasteiger partial charge in [-0.15, -0.1) is 0 Å². The summed E-state index contributed by atoms with van der Waals surface area (Å²) in [6.07, 6.45) is -6.60. The molecule has 1 rings (SSSR count). The van der Waals surface area contributed by atoms with Crippen molar-refractivity contribution in [2.75, 3.05) is 6.54 Å². The second-order valence-electron chi connectivity index (χ2n) is 4.68. The van der Waals surface area contributed by atoms with Gasteiger partial charge in [0.15, 0.2) is 0 Å². The number of rotatable bonds is 3. The first-order chi connectivity index (χ1) is 6.54. The number of hydrogen-bond donors (Lipinski definition) is 1. The van der Waals surface area contributed by atoms with Crippen LogP contribution >= 0.6 is 0 Å². The Hall–Kier alpha value is -0.390. The first kappa shape index (κ1) is 12.7. The molecule has 1 aliphatic rings. The van der Waals surface area contributed by atoms with E-state index in [1.165, 1.54) is 0 Å². The smallest absolute Gasteiger partial charge is 0.330 e. The maximum atomic E-state index is 12.7. The molecule has 6 heteroatoms. The first-order valence-electron chi connectivity index (χ1n) is 4.68. The zero-order chi connectivity index (χ0) is 12.1. The highest BCUT2D eigenvalue weighted by molar-refractivity contribution is 5.07. The molecular formula is C9H14F5N. The van der Waals surface area contributed by atoms with Crippen molar-refractivity contribution in [1.29, 1.82) is 0 Å². The third-order valence-electron chi connectivity index (χ3n) is 3.43. The van der Waals surface area contributed by atoms with E-state index in [4.69, 9.17) is 5.73 Å². The minimum atomic E-state index is -5.45. The van der Waals surface area contributed by atoms with Crippen LogP contribution in [0.25, 0.3) is 0 Å². The lowest BCUT2D eigenvalue weighted by molar-refractivity contribution is -0.286. The van der Waals surface area contributed by atoms with E-state index in [1.807, 2.05) is 0 Å². The number of hydrogen-bond acceptors (Lipinski definition) is 1. The molecule has 1 saturated carbocycles. The van der Waals surface area contributed by atoms with Crippen molar-refractivity contribution in [2.24, 2.45) is 23.0 Å². The SMILES string of the molecule is CC1(C)C(CN)C1CC(F)(F)C(F)(F)F. The number of alkyl halides is 5. The molecule has 0 aliphatic heterocycles. The van der Waals surface area contributed by atoms with Crippen molar-refractivity contribution >= 4 is 0 Å². The molecule has 2 N–H and O–H groups in total. The van der Waals surface area contributed by atoms with E-state index in [2.05, 4.69) is 0 Å². The normalized spacial score (nSPS) is 30.4. The van der Waals surface area contributed by atoms with E-state index in [0.717, 1.165) is 0 Å². The molecule has 0 heterocycles. The second-order valence-corrected chi connectivity index (χ2v) is 4.68. The summed E-state index contributed by atoms with van der Waals surface area (Å²) in [7, 11) is 0. The monoisotopic (exact) mass is 231 g/mol. The Morgan fingerprint density at radius 3 is 1.80 bits per heavy atom. The Kier molecular flexibility index (Phi) is 2.79. The third-order valence-corrected chi connectivity index (χ3v) is 3.43. The topological polar surface area (TPSA) is 26.0 Å². The Labute approximate surface area is 84.8 Å². The molecule has 0 aromatic carbocycles. The molecule has 1 nitrogen and oxygen atoms in total. The quantitative estimate of drug-likeness (QED) is 0.742. The summed E-state index contributed by atoms with van der Waals surface area (Å²) in [4.78, 5) is 0. The number of halogens is 5. The van der Waals surface area contributed by atoms with Gasteiger partial charge in [0, 0.05) is 6.42 Å². The molecule has 0 amide bonds. The predicted octanol–water partition coefficient (Wildman–Crippen LogP) is 2.81. The summed E-state index contributed by atoms with van der Waals surface area (Å²) < 4.78 is 61.2. The lowest BCUT2D eigenvalue weighted by Gasteiger charge is -2.20. The van der Waals surface area contributed by atoms with Crippen molar-refractivity contribution in [3.05, 3.63) is 0 Å². The fraction of sp³-hybridized carbons (Fsp3) is 1.00. The molecule has 0 spiro atoms. The van der Waals surface area contributed by atoms with Crippen LogP contribution in [0.3, 0.4) is 0 Å². The standard InChI is InChI=1S/C9H14F5N/c1-7(2)5(6(7)4-15)3-8(10,11)9(12,13)14/h5-6H,3-4,15H2,1-2H3. The van der Waals surface area contributed by atoms with Crippen LogP contribution in [-0.4, -0.2) is 18.6 Å². The molecule has 0 radical (unpaired) electrons. The highest BCUT2D eigenvalue weighted by atomic mass is 19.4. The van der Waals surface area contributed by atoms with Gasteiger partial charge in [-0.1, -0.05) is 13.8 Å². The summed E-state index contributed by atoms with van der Waals surface area (Å²) in [6, 6.07) is 0. The van der Waals surface area contributed by atoms with Gasteiger partial charge in [0.1, 0.15) is 0 Å². The molecule has 90 valence electrons. The second kappa shape index (κ2) is 3.30. The zero-order valence-corrected chi connectivity index (χ0v) is 8.54. The van der Waals surface area contributed by atoms with Crippen LogP contribution in [0.5, 0.6) is 0 Å². The molecule has 2 unspecified atom stereocenters. The van der Waals surface area contributed by atoms with E-state index in [1.54, 1.807) is 13.8 Å². The summed E-state index contributed by atoms with van der Waals surface area (Å²) in [6.45, 7) is 3.49. The minimum absolute atomic E-state index is 0.158. The highest BCUT2D eigenvalue weighted by Gasteiger charge is 2.66. The molecule has 1 aliphatic carbocycles. The van der Waals surface area contributed by atoms with Crippen molar-refractivity contribution < 1.29 is 22.0 Å². The van der Waals surface area contributed by atoms with Gasteiger partial charge in [-0.05, 0) is 23.8 Å². The average Bonchev–Trinajstić information content (AvgIpc) is 2.49. The van der Waals surface area contributed by atoms with Crippen LogP contribution in [0.2, 0.25) is 0 Å². The van der Waals surface area contributed by atoms with Crippen LogP contribution in [-0.2, 0) is 0 Å². The van der Waals surface area contributed by atoms with E-state index >= 15 is 0 Å². The Morgan fingerprint density at radius 1 is 1.07 bits per heavy atom. The van der Waals surface area contributed by atoms with Gasteiger partial charge in [0.2, 0.25) is 0 Å². The third kappa shape index (κ3) is 2.09. The number of nitrogens with two attached hydrogens (primary N) is 1. The van der Waals surface area contributed by atoms with Crippen LogP contribution in [0.1, 0.15) is 20.3 Å². The van der Waals surface area contributed by atoms with Crippen molar-refractivity contribution in [3.8, 4) is 0 Å². The highest BCUT2D eigenvalue weighted by Crippen LogP contribution is 2.62. The Bertz CT molecular complexity index is 245. The van der Waals surface area contributed by atoms with Gasteiger partial charge in [0.05, 0.1) is 0 Å². The van der Waals surface area contributed by atoms with Gasteiger partial charge in [0.25, 0.3) is 0 Å². The van der Waals surface area contributed by atoms with Gasteiger partial charge in [-0.25, -0.2) is 0 Å². The summed E-state index contributed by atoms with van der Waals surface area (Å²) in [5.41, 5.74) is 4.80. The van der Waals surface area contributed by atoms with E-state index in [0.29, 0.717) is 0 Å². The Morgan fingerprint density at radius 2 is 1.53 bits per heavy atom. The van der Waals surface area contributed by atoms with Crippen molar-refractivity contribution in [2.45, 2.75) is 32.4 Å². The fourth-order valence-electron chi connectivity index (χ4n) is 2.12. The summed E-state index contributed by atoms with van der Waals surface area (Å²) >= 11 is 0. The summed E-state index contributed by atoms with van der Waals surface area (Å²) in [5, 5.41) is 0. The van der Waals surface area contributed by atoms with Gasteiger partial charge >= 0.3 is 12.1 Å². The van der Waals surface area contributed by atoms with Gasteiger partial charge in [-0.3, -0.25) is 0 Å². The molecule has 15 heavy (non-hydrogen) atoms. The van der Waals surface area contributed by atoms with Crippen LogP contribution in [0.4, 0.5) is 22.0 Å². The van der Waals surface area contributed by atoms with Crippen molar-refractivity contribution in [3.63, 3.8) is 0 Å². The van der Waals surface area contributed by atoms with Gasteiger partial charge in [-0.2, -0.15) is 22.0 Å². The van der Waals surface area contributed by atoms with E-state index in [9.17, 15) is 22.0 Å². The molecule has 0 bridgehead atoms. The van der Waals surface area contributed by atoms with Crippen LogP contribution in [0.15, 0.2) is 0 Å². The maximum absolute atomic E-state index is 12.7. The van der Waals surface area contributed by atoms with Crippen LogP contribution in [0, 0.1) is 17.3 Å². The molecular weight excluding hydrogens is 217 g/mol. The Balaban J connectivity index is 2.65. The largest absolute Gasteiger partial charge is 0.453 e. The van der Waals surface area contributed by atoms with Gasteiger partial charge < -0.3 is 5.73 Å². The van der Waals surface area contributed by atoms with Crippen LogP contribution < -0.4 is 5.73 Å². The van der Waals surface area contributed by atoms with E-state index < -0.39 is 29.9 Å². The van der Waals surface area contributed by atoms with Crippen molar-refractivity contribution in [1.82, 2.24) is 0 Å². The fourth-order valence-corrected chi connectivity index (χ4v) is 2.12. The predicted molar refractivity (Wildman–Crippen MR) is 45.4 cm³/mol. The molecule has 0 saturated heterocycles. The minimum Gasteiger partial charge on any atom is -0.330 e. The summed E-state index contributed by atoms with van der Waals surface area (Å²) in [5.74, 6) is -5.47. The lowest BCUT2D eigenvalue weighted by Crippen LogP contribution is -2.37. The molecule has 0 aromatic heterocycles. The maximum Gasteiger partial charge on any atom is 0.453 e. The first-order valence-corrected chi connectivity index (χ1v) is 4.68. The average molecular weight is 231 g/mol. The molecule has 2 atom stereocenters.